The fourth-order valence-electron chi connectivity index (χ4n) is 1.24. The van der Waals surface area contributed by atoms with Gasteiger partial charge in [-0.1, -0.05) is 0 Å². The van der Waals surface area contributed by atoms with Crippen molar-refractivity contribution >= 4 is 0 Å². The summed E-state index contributed by atoms with van der Waals surface area (Å²) in [6, 6.07) is 2.81. The van der Waals surface area contributed by atoms with Crippen LogP contribution in [-0.2, 0) is 0 Å². The average molecular weight is 258 g/mol. The van der Waals surface area contributed by atoms with E-state index < -0.39 is 29.3 Å². The number of hydrogen-bond donors (Lipinski definition) is 0. The smallest absolute Gasteiger partial charge is 0.255 e. The van der Waals surface area contributed by atoms with Crippen molar-refractivity contribution in [1.82, 2.24) is 9.97 Å². The molecule has 0 atom stereocenters. The number of pyridine rings is 2. The van der Waals surface area contributed by atoms with Crippen molar-refractivity contribution < 1.29 is 22.3 Å². The Morgan fingerprint density at radius 2 is 1.67 bits per heavy atom. The van der Waals surface area contributed by atoms with Crippen LogP contribution in [-0.4, -0.2) is 9.97 Å². The highest BCUT2D eigenvalue weighted by molar-refractivity contribution is 5.34. The number of rotatable bonds is 2. The molecule has 0 saturated carbocycles. The molecule has 2 aromatic rings. The zero-order chi connectivity index (χ0) is 13.3. The zero-order valence-corrected chi connectivity index (χ0v) is 9.05. The minimum absolute atomic E-state index is 0.0136. The van der Waals surface area contributed by atoms with E-state index in [0.29, 0.717) is 5.69 Å². The lowest BCUT2D eigenvalue weighted by atomic mass is 10.3. The first-order valence-corrected chi connectivity index (χ1v) is 4.80. The highest BCUT2D eigenvalue weighted by atomic mass is 19.2. The maximum absolute atomic E-state index is 13.3. The molecule has 0 saturated heterocycles. The lowest BCUT2D eigenvalue weighted by Crippen LogP contribution is -2.03. The Balaban J connectivity index is 2.50. The van der Waals surface area contributed by atoms with Gasteiger partial charge in [-0.05, 0) is 19.1 Å². The SMILES string of the molecule is Cc1ncccc1Oc1c(F)c(F)nc(F)c1F. The molecule has 0 aromatic carbocycles. The van der Waals surface area contributed by atoms with E-state index in [9.17, 15) is 17.6 Å². The van der Waals surface area contributed by atoms with E-state index in [0.717, 1.165) is 0 Å². The molecule has 0 unspecified atom stereocenters. The number of hydrogen-bond acceptors (Lipinski definition) is 3. The van der Waals surface area contributed by atoms with Gasteiger partial charge in [0.2, 0.25) is 17.4 Å². The van der Waals surface area contributed by atoms with E-state index in [2.05, 4.69) is 9.97 Å². The van der Waals surface area contributed by atoms with Crippen LogP contribution in [0.5, 0.6) is 11.5 Å². The van der Waals surface area contributed by atoms with Crippen LogP contribution in [0.1, 0.15) is 5.69 Å². The molecular formula is C11H6F4N2O. The van der Waals surface area contributed by atoms with Crippen molar-refractivity contribution in [3.63, 3.8) is 0 Å². The Kier molecular flexibility index (Phi) is 3.14. The fourth-order valence-corrected chi connectivity index (χ4v) is 1.24. The molecule has 2 aromatic heterocycles. The molecule has 2 heterocycles. The van der Waals surface area contributed by atoms with Gasteiger partial charge in [0, 0.05) is 6.20 Å². The third kappa shape index (κ3) is 2.11. The summed E-state index contributed by atoms with van der Waals surface area (Å²) < 4.78 is 57.0. The molecule has 18 heavy (non-hydrogen) atoms. The van der Waals surface area contributed by atoms with Crippen LogP contribution in [0.4, 0.5) is 17.6 Å². The Hall–Kier alpha value is -2.18. The van der Waals surface area contributed by atoms with E-state index in [1.54, 1.807) is 0 Å². The highest BCUT2D eigenvalue weighted by Crippen LogP contribution is 2.30. The summed E-state index contributed by atoms with van der Waals surface area (Å²) >= 11 is 0. The number of ether oxygens (including phenoxy) is 1. The van der Waals surface area contributed by atoms with Gasteiger partial charge in [-0.3, -0.25) is 4.98 Å². The van der Waals surface area contributed by atoms with Crippen LogP contribution in [0, 0.1) is 30.5 Å². The third-order valence-electron chi connectivity index (χ3n) is 2.13. The Bertz CT molecular complexity index is 578. The second kappa shape index (κ2) is 4.59. The minimum Gasteiger partial charge on any atom is -0.449 e. The second-order valence-electron chi connectivity index (χ2n) is 3.34. The molecule has 0 fully saturated rings. The largest absolute Gasteiger partial charge is 0.449 e. The molecule has 7 heteroatoms. The van der Waals surface area contributed by atoms with Gasteiger partial charge >= 0.3 is 0 Å². The molecule has 2 rings (SSSR count). The first-order valence-electron chi connectivity index (χ1n) is 4.80. The monoisotopic (exact) mass is 258 g/mol. The first kappa shape index (κ1) is 12.3. The summed E-state index contributed by atoms with van der Waals surface area (Å²) in [7, 11) is 0. The lowest BCUT2D eigenvalue weighted by molar-refractivity contribution is 0.341. The summed E-state index contributed by atoms with van der Waals surface area (Å²) in [5.41, 5.74) is 0.314. The van der Waals surface area contributed by atoms with Crippen LogP contribution >= 0.6 is 0 Å². The van der Waals surface area contributed by atoms with Crippen molar-refractivity contribution in [2.75, 3.05) is 0 Å². The minimum atomic E-state index is -1.77. The topological polar surface area (TPSA) is 35.0 Å². The molecule has 0 N–H and O–H groups in total. The molecule has 0 aliphatic rings. The van der Waals surface area contributed by atoms with Crippen LogP contribution in [0.2, 0.25) is 0 Å². The maximum atomic E-state index is 13.3. The second-order valence-corrected chi connectivity index (χ2v) is 3.34. The quantitative estimate of drug-likeness (QED) is 0.613. The van der Waals surface area contributed by atoms with Gasteiger partial charge < -0.3 is 4.74 Å². The van der Waals surface area contributed by atoms with Gasteiger partial charge in [0.25, 0.3) is 11.9 Å². The van der Waals surface area contributed by atoms with Crippen molar-refractivity contribution in [3.05, 3.63) is 47.6 Å². The lowest BCUT2D eigenvalue weighted by Gasteiger charge is -2.09. The molecular weight excluding hydrogens is 252 g/mol. The number of halogens is 4. The standard InChI is InChI=1S/C11H6F4N2O/c1-5-6(3-2-4-16-5)18-9-7(12)10(14)17-11(15)8(9)13/h2-4H,1H3. The average Bonchev–Trinajstić information content (AvgIpc) is 2.34. The van der Waals surface area contributed by atoms with Gasteiger partial charge in [-0.15, -0.1) is 0 Å². The Morgan fingerprint density at radius 3 is 2.22 bits per heavy atom. The molecule has 0 radical (unpaired) electrons. The van der Waals surface area contributed by atoms with E-state index in [-0.39, 0.29) is 5.75 Å². The van der Waals surface area contributed by atoms with Gasteiger partial charge in [0.1, 0.15) is 5.75 Å². The normalized spacial score (nSPS) is 10.5. The Labute approximate surface area is 99.1 Å². The maximum Gasteiger partial charge on any atom is 0.255 e. The van der Waals surface area contributed by atoms with E-state index in [1.807, 2.05) is 0 Å². The van der Waals surface area contributed by atoms with E-state index >= 15 is 0 Å². The van der Waals surface area contributed by atoms with Crippen LogP contribution < -0.4 is 4.74 Å². The van der Waals surface area contributed by atoms with Gasteiger partial charge in [0.05, 0.1) is 5.69 Å². The number of aromatic nitrogens is 2. The molecule has 0 amide bonds. The Morgan fingerprint density at radius 1 is 1.06 bits per heavy atom. The fraction of sp³-hybridized carbons (Fsp3) is 0.0909. The summed E-state index contributed by atoms with van der Waals surface area (Å²) in [5, 5.41) is 0. The van der Waals surface area contributed by atoms with Gasteiger partial charge in [-0.25, -0.2) is 0 Å². The zero-order valence-electron chi connectivity index (χ0n) is 9.05. The van der Waals surface area contributed by atoms with Crippen LogP contribution in [0.3, 0.4) is 0 Å². The molecule has 0 aliphatic carbocycles. The summed E-state index contributed by atoms with van der Waals surface area (Å²) in [6.07, 6.45) is 1.43. The summed E-state index contributed by atoms with van der Waals surface area (Å²) in [6.45, 7) is 1.51. The summed E-state index contributed by atoms with van der Waals surface area (Å²) in [5.74, 6) is -8.14. The van der Waals surface area contributed by atoms with Gasteiger partial charge in [-0.2, -0.15) is 22.5 Å². The first-order chi connectivity index (χ1) is 8.50. The molecule has 0 aliphatic heterocycles. The van der Waals surface area contributed by atoms with Crippen LogP contribution in [0.25, 0.3) is 0 Å². The molecule has 94 valence electrons. The predicted octanol–water partition coefficient (Wildman–Crippen LogP) is 3.13. The molecule has 0 spiro atoms. The van der Waals surface area contributed by atoms with Gasteiger partial charge in [0.15, 0.2) is 0 Å². The van der Waals surface area contributed by atoms with E-state index in [1.165, 1.54) is 25.3 Å². The summed E-state index contributed by atoms with van der Waals surface area (Å²) in [4.78, 5) is 6.22. The van der Waals surface area contributed by atoms with E-state index in [4.69, 9.17) is 4.74 Å². The predicted molar refractivity (Wildman–Crippen MR) is 53.1 cm³/mol. The number of nitrogens with zero attached hydrogens (tertiary/aromatic N) is 2. The number of aryl methyl sites for hydroxylation is 1. The van der Waals surface area contributed by atoms with Crippen molar-refractivity contribution in [2.45, 2.75) is 6.92 Å². The molecule has 3 nitrogen and oxygen atoms in total. The highest BCUT2D eigenvalue weighted by Gasteiger charge is 2.23. The molecule has 0 bridgehead atoms. The van der Waals surface area contributed by atoms with Crippen molar-refractivity contribution in [2.24, 2.45) is 0 Å². The van der Waals surface area contributed by atoms with Crippen LogP contribution in [0.15, 0.2) is 18.3 Å². The third-order valence-corrected chi connectivity index (χ3v) is 2.13. The van der Waals surface area contributed by atoms with Crippen molar-refractivity contribution in [3.8, 4) is 11.5 Å². The van der Waals surface area contributed by atoms with Crippen molar-refractivity contribution in [1.29, 1.82) is 0 Å².